The van der Waals surface area contributed by atoms with Crippen LogP contribution in [0.15, 0.2) is 60.7 Å². The van der Waals surface area contributed by atoms with Crippen LogP contribution in [0.2, 0.25) is 0 Å². The van der Waals surface area contributed by atoms with Crippen LogP contribution in [0.25, 0.3) is 0 Å². The standard InChI is InChI=1S/C17H14O3/c1-20-16(18)12-13-17(19,14-8-4-2-5-9-14)15-10-6-3-7-11-15/h2-11,19H,1H3. The summed E-state index contributed by atoms with van der Waals surface area (Å²) in [6, 6.07) is 18.0. The lowest BCUT2D eigenvalue weighted by Gasteiger charge is -2.23. The smallest absolute Gasteiger partial charge is 0.384 e. The zero-order valence-electron chi connectivity index (χ0n) is 11.0. The van der Waals surface area contributed by atoms with Gasteiger partial charge >= 0.3 is 5.97 Å². The van der Waals surface area contributed by atoms with Crippen LogP contribution in [0.4, 0.5) is 0 Å². The molecule has 3 nitrogen and oxygen atoms in total. The number of rotatable bonds is 2. The number of ether oxygens (including phenoxy) is 1. The molecule has 1 N–H and O–H groups in total. The predicted molar refractivity (Wildman–Crippen MR) is 75.7 cm³/mol. The van der Waals surface area contributed by atoms with Gasteiger partial charge in [-0.2, -0.15) is 0 Å². The van der Waals surface area contributed by atoms with E-state index in [1.807, 2.05) is 36.4 Å². The number of esters is 1. The maximum atomic E-state index is 11.2. The summed E-state index contributed by atoms with van der Waals surface area (Å²) < 4.78 is 4.49. The van der Waals surface area contributed by atoms with Crippen LogP contribution in [0, 0.1) is 11.8 Å². The zero-order valence-corrected chi connectivity index (χ0v) is 11.0. The van der Waals surface area contributed by atoms with Gasteiger partial charge in [-0.3, -0.25) is 0 Å². The van der Waals surface area contributed by atoms with Crippen LogP contribution in [-0.2, 0) is 15.1 Å². The van der Waals surface area contributed by atoms with Crippen LogP contribution < -0.4 is 0 Å². The molecule has 0 heterocycles. The Bertz CT molecular complexity index is 597. The van der Waals surface area contributed by atoms with Gasteiger partial charge in [-0.1, -0.05) is 60.7 Å². The lowest BCUT2D eigenvalue weighted by molar-refractivity contribution is -0.133. The molecule has 0 aromatic heterocycles. The van der Waals surface area contributed by atoms with Crippen LogP contribution in [-0.4, -0.2) is 18.2 Å². The van der Waals surface area contributed by atoms with E-state index in [9.17, 15) is 9.90 Å². The van der Waals surface area contributed by atoms with E-state index in [2.05, 4.69) is 16.6 Å². The van der Waals surface area contributed by atoms with Crippen molar-refractivity contribution >= 4 is 5.97 Å². The first-order valence-corrected chi connectivity index (χ1v) is 6.11. The van der Waals surface area contributed by atoms with E-state index in [1.165, 1.54) is 7.11 Å². The topological polar surface area (TPSA) is 46.5 Å². The third-order valence-electron chi connectivity index (χ3n) is 2.91. The molecule has 2 aromatic carbocycles. The summed E-state index contributed by atoms with van der Waals surface area (Å²) in [6.07, 6.45) is 0. The third-order valence-corrected chi connectivity index (χ3v) is 2.91. The first-order valence-electron chi connectivity index (χ1n) is 6.11. The Morgan fingerprint density at radius 3 is 1.85 bits per heavy atom. The van der Waals surface area contributed by atoms with Crippen molar-refractivity contribution in [1.29, 1.82) is 0 Å². The van der Waals surface area contributed by atoms with E-state index in [1.54, 1.807) is 24.3 Å². The van der Waals surface area contributed by atoms with Gasteiger partial charge in [0.05, 0.1) is 7.11 Å². The molecule has 0 unspecified atom stereocenters. The quantitative estimate of drug-likeness (QED) is 0.514. The van der Waals surface area contributed by atoms with Gasteiger partial charge in [0.15, 0.2) is 5.60 Å². The highest BCUT2D eigenvalue weighted by atomic mass is 16.5. The van der Waals surface area contributed by atoms with Gasteiger partial charge in [-0.25, -0.2) is 4.79 Å². The van der Waals surface area contributed by atoms with Gasteiger partial charge in [0.2, 0.25) is 0 Å². The highest BCUT2D eigenvalue weighted by Crippen LogP contribution is 2.28. The fraction of sp³-hybridized carbons (Fsp3) is 0.118. The van der Waals surface area contributed by atoms with Crippen LogP contribution >= 0.6 is 0 Å². The van der Waals surface area contributed by atoms with Crippen LogP contribution in [0.1, 0.15) is 11.1 Å². The molecule has 0 atom stereocenters. The second kappa shape index (κ2) is 6.05. The molecule has 2 rings (SSSR count). The van der Waals surface area contributed by atoms with Crippen molar-refractivity contribution < 1.29 is 14.6 Å². The normalized spacial score (nSPS) is 10.3. The molecule has 0 aliphatic rings. The van der Waals surface area contributed by atoms with Crippen molar-refractivity contribution in [2.45, 2.75) is 5.60 Å². The van der Waals surface area contributed by atoms with Crippen molar-refractivity contribution in [2.75, 3.05) is 7.11 Å². The van der Waals surface area contributed by atoms with Crippen molar-refractivity contribution in [3.8, 4) is 11.8 Å². The largest absolute Gasteiger partial charge is 0.459 e. The number of hydrogen-bond donors (Lipinski definition) is 1. The molecule has 0 aliphatic carbocycles. The summed E-state index contributed by atoms with van der Waals surface area (Å²) in [7, 11) is 1.25. The Kier molecular flexibility index (Phi) is 4.19. The van der Waals surface area contributed by atoms with Gasteiger partial charge in [-0.15, -0.1) is 0 Å². The van der Waals surface area contributed by atoms with Gasteiger partial charge in [0, 0.05) is 17.0 Å². The molecule has 2 aromatic rings. The average molecular weight is 266 g/mol. The lowest BCUT2D eigenvalue weighted by Crippen LogP contribution is -2.25. The number of aliphatic hydroxyl groups is 1. The van der Waals surface area contributed by atoms with Gasteiger partial charge in [0.1, 0.15) is 0 Å². The molecule has 0 bridgehead atoms. The minimum atomic E-state index is -1.54. The number of benzene rings is 2. The summed E-state index contributed by atoms with van der Waals surface area (Å²) in [4.78, 5) is 11.2. The molecule has 0 radical (unpaired) electrons. The van der Waals surface area contributed by atoms with Crippen molar-refractivity contribution in [1.82, 2.24) is 0 Å². The van der Waals surface area contributed by atoms with E-state index < -0.39 is 11.6 Å². The zero-order chi connectivity index (χ0) is 14.4. The summed E-state index contributed by atoms with van der Waals surface area (Å²) in [6.45, 7) is 0. The SMILES string of the molecule is COC(=O)C#CC(O)(c1ccccc1)c1ccccc1. The molecule has 3 heteroatoms. The predicted octanol–water partition coefficient (Wildman–Crippen LogP) is 2.10. The lowest BCUT2D eigenvalue weighted by atomic mass is 9.87. The van der Waals surface area contributed by atoms with E-state index in [-0.39, 0.29) is 0 Å². The number of methoxy groups -OCH3 is 1. The van der Waals surface area contributed by atoms with Gasteiger partial charge < -0.3 is 9.84 Å². The Hall–Kier alpha value is -2.57. The summed E-state index contributed by atoms with van der Waals surface area (Å²) in [5.74, 6) is 4.23. The summed E-state index contributed by atoms with van der Waals surface area (Å²) in [5.41, 5.74) is -0.346. The van der Waals surface area contributed by atoms with E-state index in [0.29, 0.717) is 11.1 Å². The Balaban J connectivity index is 2.54. The average Bonchev–Trinajstić information content (AvgIpc) is 2.54. The summed E-state index contributed by atoms with van der Waals surface area (Å²) in [5, 5.41) is 10.9. The highest BCUT2D eigenvalue weighted by molar-refractivity contribution is 5.88. The molecule has 100 valence electrons. The maximum Gasteiger partial charge on any atom is 0.384 e. The number of hydrogen-bond acceptors (Lipinski definition) is 3. The van der Waals surface area contributed by atoms with E-state index >= 15 is 0 Å². The Morgan fingerprint density at radius 2 is 1.45 bits per heavy atom. The fourth-order valence-corrected chi connectivity index (χ4v) is 1.86. The Morgan fingerprint density at radius 1 is 1.00 bits per heavy atom. The molecule has 0 fully saturated rings. The summed E-state index contributed by atoms with van der Waals surface area (Å²) >= 11 is 0. The molecular weight excluding hydrogens is 252 g/mol. The van der Waals surface area contributed by atoms with E-state index in [0.717, 1.165) is 0 Å². The van der Waals surface area contributed by atoms with Crippen LogP contribution in [0.3, 0.4) is 0 Å². The van der Waals surface area contributed by atoms with Crippen molar-refractivity contribution in [3.63, 3.8) is 0 Å². The molecule has 0 amide bonds. The number of carbonyl (C=O) groups excluding carboxylic acids is 1. The molecular formula is C17H14O3. The first kappa shape index (κ1) is 13.9. The van der Waals surface area contributed by atoms with Crippen molar-refractivity contribution in [3.05, 3.63) is 71.8 Å². The van der Waals surface area contributed by atoms with E-state index in [4.69, 9.17) is 0 Å². The fourth-order valence-electron chi connectivity index (χ4n) is 1.86. The highest BCUT2D eigenvalue weighted by Gasteiger charge is 2.29. The van der Waals surface area contributed by atoms with Gasteiger partial charge in [-0.05, 0) is 5.92 Å². The first-order chi connectivity index (χ1) is 9.66. The molecule has 0 saturated heterocycles. The maximum absolute atomic E-state index is 11.2. The third kappa shape index (κ3) is 2.87. The van der Waals surface area contributed by atoms with Crippen LogP contribution in [0.5, 0.6) is 0 Å². The monoisotopic (exact) mass is 266 g/mol. The van der Waals surface area contributed by atoms with Crippen molar-refractivity contribution in [2.24, 2.45) is 0 Å². The number of carbonyl (C=O) groups is 1. The minimum Gasteiger partial charge on any atom is -0.459 e. The second-order valence-electron chi connectivity index (χ2n) is 4.18. The molecule has 0 saturated carbocycles. The molecule has 20 heavy (non-hydrogen) atoms. The molecule has 0 spiro atoms. The second-order valence-corrected chi connectivity index (χ2v) is 4.18. The minimum absolute atomic E-state index is 0.600. The molecule has 0 aliphatic heterocycles. The Labute approximate surface area is 117 Å². The van der Waals surface area contributed by atoms with Gasteiger partial charge in [0.25, 0.3) is 0 Å².